The average Bonchev–Trinajstić information content (AvgIpc) is 1.61. The van der Waals surface area contributed by atoms with Crippen molar-refractivity contribution in [1.29, 1.82) is 0 Å². The molecule has 1 radical (unpaired) electrons. The molecular formula is C4H5O2S. The third-order valence-electron chi connectivity index (χ3n) is 0.334. The fourth-order valence-electron chi connectivity index (χ4n) is 0.131. The normalized spacial score (nSPS) is 8.14. The molecule has 0 aliphatic carbocycles. The molecule has 0 fully saturated rings. The number of hydrogen-bond acceptors (Lipinski definition) is 3. The van der Waals surface area contributed by atoms with Gasteiger partial charge in [-0.1, -0.05) is 11.8 Å². The lowest BCUT2D eigenvalue weighted by Gasteiger charge is -1.79. The van der Waals surface area contributed by atoms with E-state index in [0.29, 0.717) is 0 Å². The zero-order valence-corrected chi connectivity index (χ0v) is 4.75. The predicted molar refractivity (Wildman–Crippen MR) is 28.8 cm³/mol. The summed E-state index contributed by atoms with van der Waals surface area (Å²) in [6.45, 7) is 1.42. The maximum Gasteiger partial charge on any atom is 0.209 e. The molecule has 0 bridgehead atoms. The van der Waals surface area contributed by atoms with Gasteiger partial charge in [0.05, 0.1) is 5.75 Å². The number of thioether (sulfide) groups is 1. The van der Waals surface area contributed by atoms with E-state index in [1.807, 2.05) is 0 Å². The number of carbonyl (C=O) groups is 1. The smallest absolute Gasteiger partial charge is 0.209 e. The maximum atomic E-state index is 9.99. The molecule has 0 aromatic carbocycles. The second-order valence-corrected chi connectivity index (χ2v) is 2.08. The van der Waals surface area contributed by atoms with Crippen molar-refractivity contribution in [2.24, 2.45) is 0 Å². The van der Waals surface area contributed by atoms with E-state index in [4.69, 9.17) is 0 Å². The van der Waals surface area contributed by atoms with Gasteiger partial charge in [0.25, 0.3) is 0 Å². The molecule has 7 heavy (non-hydrogen) atoms. The van der Waals surface area contributed by atoms with Crippen molar-refractivity contribution >= 4 is 23.2 Å². The van der Waals surface area contributed by atoms with Crippen molar-refractivity contribution in [3.8, 4) is 0 Å². The zero-order chi connectivity index (χ0) is 5.70. The molecule has 0 saturated carbocycles. The Bertz CT molecular complexity index is 79.8. The van der Waals surface area contributed by atoms with E-state index in [9.17, 15) is 9.59 Å². The topological polar surface area (TPSA) is 34.1 Å². The van der Waals surface area contributed by atoms with E-state index >= 15 is 0 Å². The molecular weight excluding hydrogens is 112 g/mol. The van der Waals surface area contributed by atoms with Crippen LogP contribution in [-0.2, 0) is 9.59 Å². The molecule has 0 saturated heterocycles. The third kappa shape index (κ3) is 5.69. The Kier molecular flexibility index (Phi) is 3.69. The van der Waals surface area contributed by atoms with Gasteiger partial charge in [-0.2, -0.15) is 0 Å². The van der Waals surface area contributed by atoms with Gasteiger partial charge in [0.1, 0.15) is 0 Å². The first kappa shape index (κ1) is 6.69. The highest BCUT2D eigenvalue weighted by Crippen LogP contribution is 1.95. The summed E-state index contributed by atoms with van der Waals surface area (Å²) < 4.78 is 0. The van der Waals surface area contributed by atoms with E-state index in [2.05, 4.69) is 0 Å². The van der Waals surface area contributed by atoms with Crippen LogP contribution in [0.2, 0.25) is 0 Å². The molecule has 0 unspecified atom stereocenters. The van der Waals surface area contributed by atoms with Gasteiger partial charge < -0.3 is 0 Å². The Morgan fingerprint density at radius 3 is 2.57 bits per heavy atom. The summed E-state index contributed by atoms with van der Waals surface area (Å²) in [6.07, 6.45) is 1.59. The highest BCUT2D eigenvalue weighted by molar-refractivity contribution is 8.14. The lowest BCUT2D eigenvalue weighted by atomic mass is 10.9. The van der Waals surface area contributed by atoms with Crippen molar-refractivity contribution in [2.45, 2.75) is 6.92 Å². The van der Waals surface area contributed by atoms with Crippen LogP contribution in [0.25, 0.3) is 0 Å². The Morgan fingerprint density at radius 2 is 2.43 bits per heavy atom. The van der Waals surface area contributed by atoms with Crippen LogP contribution in [-0.4, -0.2) is 17.2 Å². The molecule has 0 aliphatic heterocycles. The summed E-state index contributed by atoms with van der Waals surface area (Å²) in [5, 5.41) is -0.0386. The first-order valence-corrected chi connectivity index (χ1v) is 2.74. The van der Waals surface area contributed by atoms with Gasteiger partial charge in [-0.05, 0) is 0 Å². The zero-order valence-electron chi connectivity index (χ0n) is 3.93. The first-order valence-electron chi connectivity index (χ1n) is 1.75. The van der Waals surface area contributed by atoms with Gasteiger partial charge in [0.2, 0.25) is 6.29 Å². The van der Waals surface area contributed by atoms with Gasteiger partial charge in [-0.25, -0.2) is 0 Å². The molecule has 2 nitrogen and oxygen atoms in total. The van der Waals surface area contributed by atoms with Gasteiger partial charge in [-0.3, -0.25) is 9.59 Å². The van der Waals surface area contributed by atoms with E-state index < -0.39 is 0 Å². The minimum absolute atomic E-state index is 0.0386. The van der Waals surface area contributed by atoms with Gasteiger partial charge in [0.15, 0.2) is 5.12 Å². The van der Waals surface area contributed by atoms with Crippen LogP contribution in [0.15, 0.2) is 0 Å². The second kappa shape index (κ2) is 3.87. The van der Waals surface area contributed by atoms with Crippen LogP contribution in [0.3, 0.4) is 0 Å². The van der Waals surface area contributed by atoms with Crippen molar-refractivity contribution in [2.75, 3.05) is 5.75 Å². The van der Waals surface area contributed by atoms with Gasteiger partial charge in [0, 0.05) is 6.92 Å². The van der Waals surface area contributed by atoms with E-state index in [1.54, 1.807) is 6.29 Å². The Hall–Kier alpha value is -0.310. The molecule has 0 aromatic rings. The molecule has 3 heteroatoms. The first-order chi connectivity index (χ1) is 3.27. The monoisotopic (exact) mass is 117 g/mol. The predicted octanol–water partition coefficient (Wildman–Crippen LogP) is 0.376. The largest absolute Gasteiger partial charge is 0.290 e. The van der Waals surface area contributed by atoms with Gasteiger partial charge >= 0.3 is 0 Å². The van der Waals surface area contributed by atoms with Crippen LogP contribution in [0, 0.1) is 0 Å². The lowest BCUT2D eigenvalue weighted by molar-refractivity contribution is -0.109. The van der Waals surface area contributed by atoms with Gasteiger partial charge in [-0.15, -0.1) is 0 Å². The lowest BCUT2D eigenvalue weighted by Crippen LogP contribution is -1.84. The fraction of sp³-hybridized carbons (Fsp3) is 0.500. The molecule has 0 aromatic heterocycles. The van der Waals surface area contributed by atoms with Crippen LogP contribution >= 0.6 is 11.8 Å². The molecule has 0 heterocycles. The quantitative estimate of drug-likeness (QED) is 0.524. The SMILES string of the molecule is CC(=O)SC[C]=O. The minimum Gasteiger partial charge on any atom is -0.290 e. The molecule has 0 rings (SSSR count). The van der Waals surface area contributed by atoms with Crippen molar-refractivity contribution in [1.82, 2.24) is 0 Å². The minimum atomic E-state index is -0.0386. The molecule has 0 spiro atoms. The summed E-state index contributed by atoms with van der Waals surface area (Å²) in [5.74, 6) is 0.162. The van der Waals surface area contributed by atoms with E-state index in [0.717, 1.165) is 11.8 Å². The average molecular weight is 117 g/mol. The third-order valence-corrected chi connectivity index (χ3v) is 1.00. The highest BCUT2D eigenvalue weighted by Gasteiger charge is 1.89. The van der Waals surface area contributed by atoms with Crippen molar-refractivity contribution < 1.29 is 9.59 Å². The number of hydrogen-bond donors (Lipinski definition) is 0. The van der Waals surface area contributed by atoms with Crippen LogP contribution in [0.5, 0.6) is 0 Å². The summed E-state index contributed by atoms with van der Waals surface area (Å²) in [7, 11) is 0. The molecule has 39 valence electrons. The summed E-state index contributed by atoms with van der Waals surface area (Å²) >= 11 is 0.969. The Balaban J connectivity index is 2.97. The Labute approximate surface area is 46.3 Å². The van der Waals surface area contributed by atoms with Crippen LogP contribution in [0.4, 0.5) is 0 Å². The Morgan fingerprint density at radius 1 is 1.86 bits per heavy atom. The summed E-state index contributed by atoms with van der Waals surface area (Å²) in [6, 6.07) is 0. The summed E-state index contributed by atoms with van der Waals surface area (Å²) in [5.41, 5.74) is 0. The summed E-state index contributed by atoms with van der Waals surface area (Å²) in [4.78, 5) is 19.4. The van der Waals surface area contributed by atoms with Crippen molar-refractivity contribution in [3.63, 3.8) is 0 Å². The van der Waals surface area contributed by atoms with Crippen molar-refractivity contribution in [3.05, 3.63) is 0 Å². The molecule has 0 aliphatic rings. The second-order valence-electron chi connectivity index (χ2n) is 0.925. The molecule has 0 atom stereocenters. The van der Waals surface area contributed by atoms with E-state index in [-0.39, 0.29) is 10.9 Å². The fourth-order valence-corrected chi connectivity index (χ4v) is 0.393. The van der Waals surface area contributed by atoms with Crippen LogP contribution < -0.4 is 0 Å². The number of carbonyl (C=O) groups excluding carboxylic acids is 2. The van der Waals surface area contributed by atoms with E-state index in [1.165, 1.54) is 6.92 Å². The van der Waals surface area contributed by atoms with Crippen LogP contribution in [0.1, 0.15) is 6.92 Å². The number of rotatable bonds is 2. The maximum absolute atomic E-state index is 9.99. The highest BCUT2D eigenvalue weighted by atomic mass is 32.2. The molecule has 0 N–H and O–H groups in total. The standard InChI is InChI=1S/C4H5O2S/c1-4(6)7-3-2-5/h3H2,1H3. The molecule has 0 amide bonds.